The second-order valence-corrected chi connectivity index (χ2v) is 6.13. The predicted octanol–water partition coefficient (Wildman–Crippen LogP) is 3.42. The molecule has 3 nitrogen and oxygen atoms in total. The van der Waals surface area contributed by atoms with Gasteiger partial charge in [-0.25, -0.2) is 0 Å². The zero-order valence-corrected chi connectivity index (χ0v) is 12.3. The van der Waals surface area contributed by atoms with Crippen LogP contribution >= 0.6 is 0 Å². The van der Waals surface area contributed by atoms with Gasteiger partial charge < -0.3 is 4.74 Å². The van der Waals surface area contributed by atoms with Gasteiger partial charge in [0.25, 0.3) is 0 Å². The molecule has 3 N–H and O–H groups in total. The zero-order chi connectivity index (χ0) is 13.9. The Bertz CT molecular complexity index is 400. The van der Waals surface area contributed by atoms with Crippen molar-refractivity contribution in [2.75, 3.05) is 6.61 Å². The van der Waals surface area contributed by atoms with Gasteiger partial charge in [-0.15, -0.1) is 0 Å². The lowest BCUT2D eigenvalue weighted by atomic mass is 9.75. The third kappa shape index (κ3) is 3.10. The molecule has 2 rings (SSSR count). The fourth-order valence-electron chi connectivity index (χ4n) is 3.35. The van der Waals surface area contributed by atoms with E-state index in [2.05, 4.69) is 31.4 Å². The van der Waals surface area contributed by atoms with Crippen LogP contribution in [-0.4, -0.2) is 6.61 Å². The highest BCUT2D eigenvalue weighted by atomic mass is 16.5. The minimum Gasteiger partial charge on any atom is -0.494 e. The van der Waals surface area contributed by atoms with Gasteiger partial charge in [0.1, 0.15) is 5.75 Å². The molecule has 3 heteroatoms. The van der Waals surface area contributed by atoms with E-state index in [-0.39, 0.29) is 6.04 Å². The van der Waals surface area contributed by atoms with E-state index in [1.54, 1.807) is 0 Å². The molecule has 0 saturated heterocycles. The van der Waals surface area contributed by atoms with Crippen LogP contribution in [0.4, 0.5) is 0 Å². The first-order valence-electron chi connectivity index (χ1n) is 7.27. The van der Waals surface area contributed by atoms with Gasteiger partial charge in [-0.3, -0.25) is 11.3 Å². The second kappa shape index (κ2) is 5.93. The fraction of sp³-hybridized carbons (Fsp3) is 0.625. The van der Waals surface area contributed by atoms with E-state index < -0.39 is 0 Å². The highest BCUT2D eigenvalue weighted by molar-refractivity contribution is 5.30. The summed E-state index contributed by atoms with van der Waals surface area (Å²) in [5, 5.41) is 0. The van der Waals surface area contributed by atoms with Crippen LogP contribution in [0, 0.1) is 11.3 Å². The minimum atomic E-state index is 0.230. The fourth-order valence-corrected chi connectivity index (χ4v) is 3.35. The Kier molecular flexibility index (Phi) is 4.48. The maximum atomic E-state index is 5.82. The number of ether oxygens (including phenoxy) is 1. The lowest BCUT2D eigenvalue weighted by Gasteiger charge is -2.34. The van der Waals surface area contributed by atoms with Gasteiger partial charge in [0.05, 0.1) is 6.61 Å². The minimum absolute atomic E-state index is 0.230. The van der Waals surface area contributed by atoms with Crippen molar-refractivity contribution < 1.29 is 4.74 Å². The Labute approximate surface area is 116 Å². The first-order chi connectivity index (χ1) is 9.08. The molecule has 0 amide bonds. The van der Waals surface area contributed by atoms with E-state index in [1.165, 1.54) is 24.8 Å². The average Bonchev–Trinajstić information content (AvgIpc) is 2.73. The Morgan fingerprint density at radius 3 is 2.53 bits per heavy atom. The van der Waals surface area contributed by atoms with Gasteiger partial charge in [-0.2, -0.15) is 0 Å². The number of benzene rings is 1. The largest absolute Gasteiger partial charge is 0.494 e. The molecule has 2 atom stereocenters. The summed E-state index contributed by atoms with van der Waals surface area (Å²) < 4.78 is 5.49. The maximum Gasteiger partial charge on any atom is 0.119 e. The van der Waals surface area contributed by atoms with Gasteiger partial charge in [0, 0.05) is 6.04 Å². The Morgan fingerprint density at radius 2 is 2.05 bits per heavy atom. The molecule has 19 heavy (non-hydrogen) atoms. The Balaban J connectivity index is 2.17. The Hall–Kier alpha value is -1.06. The molecule has 2 unspecified atom stereocenters. The molecule has 0 spiro atoms. The van der Waals surface area contributed by atoms with Crippen LogP contribution < -0.4 is 16.0 Å². The summed E-state index contributed by atoms with van der Waals surface area (Å²) in [7, 11) is 0. The zero-order valence-electron chi connectivity index (χ0n) is 12.3. The van der Waals surface area contributed by atoms with Crippen molar-refractivity contribution in [2.24, 2.45) is 17.2 Å². The number of hydrazine groups is 1. The molecular weight excluding hydrogens is 236 g/mol. The summed E-state index contributed by atoms with van der Waals surface area (Å²) in [4.78, 5) is 0. The van der Waals surface area contributed by atoms with E-state index in [0.29, 0.717) is 17.9 Å². The molecule has 1 saturated carbocycles. The topological polar surface area (TPSA) is 47.3 Å². The van der Waals surface area contributed by atoms with E-state index in [4.69, 9.17) is 10.6 Å². The van der Waals surface area contributed by atoms with Crippen molar-refractivity contribution in [1.29, 1.82) is 0 Å². The van der Waals surface area contributed by atoms with E-state index in [1.807, 2.05) is 19.1 Å². The number of hydrogen-bond donors (Lipinski definition) is 2. The van der Waals surface area contributed by atoms with Crippen LogP contribution in [-0.2, 0) is 0 Å². The van der Waals surface area contributed by atoms with Gasteiger partial charge in [0.2, 0.25) is 0 Å². The van der Waals surface area contributed by atoms with Gasteiger partial charge in [0.15, 0.2) is 0 Å². The van der Waals surface area contributed by atoms with Crippen molar-refractivity contribution in [3.05, 3.63) is 29.8 Å². The summed E-state index contributed by atoms with van der Waals surface area (Å²) in [6.45, 7) is 7.40. The van der Waals surface area contributed by atoms with Gasteiger partial charge >= 0.3 is 0 Å². The summed E-state index contributed by atoms with van der Waals surface area (Å²) >= 11 is 0. The number of nitrogens with one attached hydrogen (secondary N) is 1. The number of hydrogen-bond acceptors (Lipinski definition) is 3. The number of rotatable bonds is 5. The summed E-state index contributed by atoms with van der Waals surface area (Å²) in [5.41, 5.74) is 4.64. The quantitative estimate of drug-likeness (QED) is 0.631. The van der Waals surface area contributed by atoms with Crippen LogP contribution in [0.1, 0.15) is 51.6 Å². The summed E-state index contributed by atoms with van der Waals surface area (Å²) in [6.07, 6.45) is 3.83. The summed E-state index contributed by atoms with van der Waals surface area (Å²) in [5.74, 6) is 7.34. The number of nitrogens with two attached hydrogens (primary N) is 1. The highest BCUT2D eigenvalue weighted by Gasteiger charge is 2.39. The molecule has 0 aliphatic heterocycles. The Morgan fingerprint density at radius 1 is 1.37 bits per heavy atom. The molecule has 0 radical (unpaired) electrons. The molecule has 0 aromatic heterocycles. The first-order valence-corrected chi connectivity index (χ1v) is 7.27. The predicted molar refractivity (Wildman–Crippen MR) is 78.8 cm³/mol. The highest BCUT2D eigenvalue weighted by Crippen LogP contribution is 2.48. The normalized spacial score (nSPS) is 23.3. The standard InChI is InChI=1S/C16H26N2O/c1-4-19-13-9-7-12(8-10-13)15(18-17)14-6-5-11-16(14,2)3/h7-10,14-15,18H,4-6,11,17H2,1-3H3. The molecule has 1 fully saturated rings. The maximum absolute atomic E-state index is 5.82. The van der Waals surface area contributed by atoms with Crippen molar-refractivity contribution in [1.82, 2.24) is 5.43 Å². The molecule has 106 valence electrons. The molecule has 0 heterocycles. The van der Waals surface area contributed by atoms with Crippen LogP contribution in [0.5, 0.6) is 5.75 Å². The third-order valence-electron chi connectivity index (χ3n) is 4.47. The molecule has 1 aromatic carbocycles. The van der Waals surface area contributed by atoms with Gasteiger partial charge in [-0.05, 0) is 48.8 Å². The lowest BCUT2D eigenvalue weighted by molar-refractivity contribution is 0.198. The van der Waals surface area contributed by atoms with Crippen LogP contribution in [0.2, 0.25) is 0 Å². The molecule has 1 aliphatic rings. The van der Waals surface area contributed by atoms with Crippen LogP contribution in [0.3, 0.4) is 0 Å². The third-order valence-corrected chi connectivity index (χ3v) is 4.47. The molecule has 1 aliphatic carbocycles. The molecule has 0 bridgehead atoms. The summed E-state index contributed by atoms with van der Waals surface area (Å²) in [6, 6.07) is 8.55. The smallest absolute Gasteiger partial charge is 0.119 e. The monoisotopic (exact) mass is 262 g/mol. The SMILES string of the molecule is CCOc1ccc(C(NN)C2CCCC2(C)C)cc1. The van der Waals surface area contributed by atoms with E-state index >= 15 is 0 Å². The second-order valence-electron chi connectivity index (χ2n) is 6.13. The van der Waals surface area contributed by atoms with Crippen molar-refractivity contribution in [3.63, 3.8) is 0 Å². The van der Waals surface area contributed by atoms with Crippen molar-refractivity contribution in [3.8, 4) is 5.75 Å². The first kappa shape index (κ1) is 14.4. The van der Waals surface area contributed by atoms with Crippen molar-refractivity contribution in [2.45, 2.75) is 46.1 Å². The van der Waals surface area contributed by atoms with Gasteiger partial charge in [-0.1, -0.05) is 32.4 Å². The van der Waals surface area contributed by atoms with Crippen LogP contribution in [0.15, 0.2) is 24.3 Å². The molecular formula is C16H26N2O. The average molecular weight is 262 g/mol. The van der Waals surface area contributed by atoms with E-state index in [0.717, 1.165) is 5.75 Å². The molecule has 1 aromatic rings. The van der Waals surface area contributed by atoms with E-state index in [9.17, 15) is 0 Å². The van der Waals surface area contributed by atoms with Crippen LogP contribution in [0.25, 0.3) is 0 Å². The lowest BCUT2D eigenvalue weighted by Crippen LogP contribution is -2.37. The van der Waals surface area contributed by atoms with Crippen molar-refractivity contribution >= 4 is 0 Å².